The van der Waals surface area contributed by atoms with Gasteiger partial charge in [-0.2, -0.15) is 0 Å². The van der Waals surface area contributed by atoms with Gasteiger partial charge < -0.3 is 29.3 Å². The van der Waals surface area contributed by atoms with E-state index in [0.717, 1.165) is 42.8 Å². The number of methoxy groups -OCH3 is 3. The molecule has 0 spiro atoms. The second-order valence-electron chi connectivity index (χ2n) is 7.76. The Hall–Kier alpha value is -3.66. The average Bonchev–Trinajstić information content (AvgIpc) is 2.92. The van der Waals surface area contributed by atoms with Crippen LogP contribution in [-0.2, 0) is 4.79 Å². The number of ether oxygens (including phenoxy) is 3. The van der Waals surface area contributed by atoms with Crippen molar-refractivity contribution in [2.24, 2.45) is 0 Å². The van der Waals surface area contributed by atoms with E-state index in [1.165, 1.54) is 17.4 Å². The molecule has 184 valence electrons. The Labute approximate surface area is 209 Å². The highest BCUT2D eigenvalue weighted by atomic mass is 32.2. The SMILES string of the molecule is COc1ccc(N2CCN(c3nccnc3SCC(=O)Nc3ccc(OC)c(OC)c3)CC2)cc1. The minimum atomic E-state index is -0.136. The molecule has 1 fully saturated rings. The minimum Gasteiger partial charge on any atom is -0.497 e. The summed E-state index contributed by atoms with van der Waals surface area (Å²) >= 11 is 1.38. The van der Waals surface area contributed by atoms with Gasteiger partial charge in [0.1, 0.15) is 10.8 Å². The number of nitrogens with zero attached hydrogens (tertiary/aromatic N) is 4. The molecule has 0 aliphatic carbocycles. The van der Waals surface area contributed by atoms with Crippen LogP contribution in [-0.4, -0.2) is 69.1 Å². The molecule has 0 radical (unpaired) electrons. The molecule has 0 bridgehead atoms. The second-order valence-corrected chi connectivity index (χ2v) is 8.73. The summed E-state index contributed by atoms with van der Waals surface area (Å²) in [7, 11) is 4.81. The number of anilines is 3. The Kier molecular flexibility index (Phi) is 8.15. The molecular weight excluding hydrogens is 466 g/mol. The molecule has 3 aromatic rings. The molecule has 10 heteroatoms. The van der Waals surface area contributed by atoms with Crippen molar-refractivity contribution >= 4 is 34.9 Å². The molecule has 1 aromatic heterocycles. The van der Waals surface area contributed by atoms with Gasteiger partial charge in [0.05, 0.1) is 27.1 Å². The topological polar surface area (TPSA) is 89.1 Å². The number of aromatic nitrogens is 2. The fourth-order valence-corrected chi connectivity index (χ4v) is 4.64. The van der Waals surface area contributed by atoms with Crippen LogP contribution in [0.5, 0.6) is 17.2 Å². The van der Waals surface area contributed by atoms with Gasteiger partial charge in [0, 0.05) is 56.0 Å². The third-order valence-electron chi connectivity index (χ3n) is 5.67. The van der Waals surface area contributed by atoms with Crippen LogP contribution in [0, 0.1) is 0 Å². The highest BCUT2D eigenvalue weighted by Gasteiger charge is 2.22. The number of carbonyl (C=O) groups is 1. The van der Waals surface area contributed by atoms with Crippen molar-refractivity contribution in [3.63, 3.8) is 0 Å². The van der Waals surface area contributed by atoms with Crippen molar-refractivity contribution in [1.29, 1.82) is 0 Å². The zero-order valence-corrected chi connectivity index (χ0v) is 20.9. The summed E-state index contributed by atoms with van der Waals surface area (Å²) in [5.41, 5.74) is 1.81. The molecule has 0 unspecified atom stereocenters. The second kappa shape index (κ2) is 11.7. The van der Waals surface area contributed by atoms with E-state index in [1.807, 2.05) is 12.1 Å². The lowest BCUT2D eigenvalue weighted by Gasteiger charge is -2.37. The van der Waals surface area contributed by atoms with Crippen molar-refractivity contribution in [2.45, 2.75) is 5.03 Å². The van der Waals surface area contributed by atoms with Crippen molar-refractivity contribution in [3.05, 3.63) is 54.9 Å². The van der Waals surface area contributed by atoms with Crippen molar-refractivity contribution in [3.8, 4) is 17.2 Å². The van der Waals surface area contributed by atoms with E-state index in [-0.39, 0.29) is 11.7 Å². The number of benzene rings is 2. The lowest BCUT2D eigenvalue weighted by atomic mass is 10.2. The smallest absolute Gasteiger partial charge is 0.234 e. The first-order valence-corrected chi connectivity index (χ1v) is 12.2. The first kappa shape index (κ1) is 24.5. The van der Waals surface area contributed by atoms with E-state index in [2.05, 4.69) is 37.2 Å². The van der Waals surface area contributed by atoms with Crippen LogP contribution in [0.15, 0.2) is 59.9 Å². The fourth-order valence-electron chi connectivity index (χ4n) is 3.85. The molecule has 1 N–H and O–H groups in total. The fraction of sp³-hybridized carbons (Fsp3) is 0.320. The average molecular weight is 496 g/mol. The predicted octanol–water partition coefficient (Wildman–Crippen LogP) is 3.56. The number of hydrogen-bond acceptors (Lipinski definition) is 9. The number of amides is 1. The van der Waals surface area contributed by atoms with Crippen molar-refractivity contribution in [1.82, 2.24) is 9.97 Å². The number of nitrogens with one attached hydrogen (secondary N) is 1. The maximum absolute atomic E-state index is 12.6. The quantitative estimate of drug-likeness (QED) is 0.448. The van der Waals surface area contributed by atoms with Crippen molar-refractivity contribution in [2.75, 3.05) is 68.4 Å². The van der Waals surface area contributed by atoms with Gasteiger partial charge >= 0.3 is 0 Å². The number of carbonyl (C=O) groups excluding carboxylic acids is 1. The van der Waals surface area contributed by atoms with E-state index in [4.69, 9.17) is 14.2 Å². The van der Waals surface area contributed by atoms with E-state index in [0.29, 0.717) is 17.2 Å². The molecule has 9 nitrogen and oxygen atoms in total. The molecule has 1 aliphatic rings. The molecule has 35 heavy (non-hydrogen) atoms. The summed E-state index contributed by atoms with van der Waals surface area (Å²) in [6.07, 6.45) is 3.35. The molecule has 1 amide bonds. The molecule has 0 atom stereocenters. The standard InChI is InChI=1S/C25H29N5O4S/c1-32-20-7-5-19(6-8-20)29-12-14-30(15-13-29)24-25(27-11-10-26-24)35-17-23(31)28-18-4-9-21(33-2)22(16-18)34-3/h4-11,16H,12-15,17H2,1-3H3,(H,28,31). The highest BCUT2D eigenvalue weighted by Crippen LogP contribution is 2.31. The summed E-state index contributed by atoms with van der Waals surface area (Å²) in [6, 6.07) is 13.4. The number of thioether (sulfide) groups is 1. The number of hydrogen-bond donors (Lipinski definition) is 1. The third kappa shape index (κ3) is 6.07. The Balaban J connectivity index is 1.34. The first-order valence-electron chi connectivity index (χ1n) is 11.2. The normalized spacial score (nSPS) is 13.3. The zero-order valence-electron chi connectivity index (χ0n) is 20.1. The van der Waals surface area contributed by atoms with E-state index in [1.54, 1.807) is 51.9 Å². The van der Waals surface area contributed by atoms with E-state index >= 15 is 0 Å². The molecule has 1 saturated heterocycles. The number of rotatable bonds is 9. The summed E-state index contributed by atoms with van der Waals surface area (Å²) in [6.45, 7) is 3.37. The molecule has 1 aliphatic heterocycles. The maximum atomic E-state index is 12.6. The Morgan fingerprint density at radius 1 is 0.886 bits per heavy atom. The van der Waals surface area contributed by atoms with Crippen LogP contribution >= 0.6 is 11.8 Å². The lowest BCUT2D eigenvalue weighted by Crippen LogP contribution is -2.47. The summed E-state index contributed by atoms with van der Waals surface area (Å²) in [5, 5.41) is 3.64. The van der Waals surface area contributed by atoms with Gasteiger partial charge in [-0.15, -0.1) is 0 Å². The Morgan fingerprint density at radius 3 is 2.26 bits per heavy atom. The van der Waals surface area contributed by atoms with Gasteiger partial charge in [0.2, 0.25) is 5.91 Å². The highest BCUT2D eigenvalue weighted by molar-refractivity contribution is 8.00. The molecular formula is C25H29N5O4S. The van der Waals surface area contributed by atoms with Gasteiger partial charge in [0.15, 0.2) is 17.3 Å². The van der Waals surface area contributed by atoms with Gasteiger partial charge in [-0.3, -0.25) is 4.79 Å². The third-order valence-corrected chi connectivity index (χ3v) is 6.64. The molecule has 2 aromatic carbocycles. The number of piperazine rings is 1. The van der Waals surface area contributed by atoms with Gasteiger partial charge in [-0.1, -0.05) is 11.8 Å². The minimum absolute atomic E-state index is 0.136. The summed E-state index contributed by atoms with van der Waals surface area (Å²) in [5.74, 6) is 2.91. The molecule has 0 saturated carbocycles. The largest absolute Gasteiger partial charge is 0.497 e. The lowest BCUT2D eigenvalue weighted by molar-refractivity contribution is -0.113. The Bertz CT molecular complexity index is 1140. The Morgan fingerprint density at radius 2 is 1.57 bits per heavy atom. The van der Waals surface area contributed by atoms with Gasteiger partial charge in [-0.05, 0) is 36.4 Å². The van der Waals surface area contributed by atoms with Crippen LogP contribution < -0.4 is 29.3 Å². The predicted molar refractivity (Wildman–Crippen MR) is 138 cm³/mol. The van der Waals surface area contributed by atoms with Gasteiger partial charge in [0.25, 0.3) is 0 Å². The van der Waals surface area contributed by atoms with E-state index in [9.17, 15) is 4.79 Å². The van der Waals surface area contributed by atoms with Gasteiger partial charge in [-0.25, -0.2) is 9.97 Å². The van der Waals surface area contributed by atoms with Crippen LogP contribution in [0.1, 0.15) is 0 Å². The molecule has 4 rings (SSSR count). The van der Waals surface area contributed by atoms with E-state index < -0.39 is 0 Å². The first-order chi connectivity index (χ1) is 17.1. The van der Waals surface area contributed by atoms with Crippen molar-refractivity contribution < 1.29 is 19.0 Å². The summed E-state index contributed by atoms with van der Waals surface area (Å²) in [4.78, 5) is 26.2. The zero-order chi connectivity index (χ0) is 24.6. The molecule has 2 heterocycles. The van der Waals surface area contributed by atoms with Crippen LogP contribution in [0.2, 0.25) is 0 Å². The van der Waals surface area contributed by atoms with Crippen LogP contribution in [0.25, 0.3) is 0 Å². The maximum Gasteiger partial charge on any atom is 0.234 e. The van der Waals surface area contributed by atoms with Crippen LogP contribution in [0.3, 0.4) is 0 Å². The monoisotopic (exact) mass is 495 g/mol. The summed E-state index contributed by atoms with van der Waals surface area (Å²) < 4.78 is 15.8. The van der Waals surface area contributed by atoms with Crippen LogP contribution in [0.4, 0.5) is 17.2 Å².